The second kappa shape index (κ2) is 7.00. The van der Waals surface area contributed by atoms with E-state index in [1.807, 2.05) is 50.2 Å². The summed E-state index contributed by atoms with van der Waals surface area (Å²) in [5, 5.41) is 2.94. The third-order valence-corrected chi connectivity index (χ3v) is 4.79. The fourth-order valence-corrected chi connectivity index (χ4v) is 2.99. The number of anilines is 2. The van der Waals surface area contributed by atoms with Crippen LogP contribution in [-0.2, 0) is 4.79 Å². The summed E-state index contributed by atoms with van der Waals surface area (Å²) in [7, 11) is 0. The quantitative estimate of drug-likeness (QED) is 0.625. The first kappa shape index (κ1) is 15.9. The molecule has 2 rings (SSSR count). The minimum atomic E-state index is -0.0315. The number of rotatable bonds is 4. The van der Waals surface area contributed by atoms with Crippen LogP contribution in [0.1, 0.15) is 11.1 Å². The molecular formula is C16H17BrN2OS. The molecule has 0 bridgehead atoms. The van der Waals surface area contributed by atoms with Crippen molar-refractivity contribution >= 4 is 45.0 Å². The Hall–Kier alpha value is -1.46. The van der Waals surface area contributed by atoms with E-state index in [0.29, 0.717) is 11.4 Å². The minimum absolute atomic E-state index is 0.0315. The molecule has 0 aliphatic rings. The van der Waals surface area contributed by atoms with E-state index in [0.717, 1.165) is 26.2 Å². The summed E-state index contributed by atoms with van der Waals surface area (Å²) in [6, 6.07) is 11.6. The van der Waals surface area contributed by atoms with Crippen LogP contribution in [0.2, 0.25) is 0 Å². The zero-order valence-corrected chi connectivity index (χ0v) is 14.3. The first-order chi connectivity index (χ1) is 9.97. The number of benzene rings is 2. The van der Waals surface area contributed by atoms with Gasteiger partial charge in [0.1, 0.15) is 0 Å². The Morgan fingerprint density at radius 1 is 1.29 bits per heavy atom. The molecule has 2 aromatic rings. The molecule has 0 atom stereocenters. The van der Waals surface area contributed by atoms with Gasteiger partial charge < -0.3 is 11.1 Å². The molecule has 0 aliphatic carbocycles. The molecule has 0 saturated carbocycles. The van der Waals surface area contributed by atoms with Crippen LogP contribution in [0.25, 0.3) is 0 Å². The molecule has 21 heavy (non-hydrogen) atoms. The highest BCUT2D eigenvalue weighted by molar-refractivity contribution is 9.10. The van der Waals surface area contributed by atoms with Gasteiger partial charge in [0.05, 0.1) is 5.75 Å². The van der Waals surface area contributed by atoms with E-state index in [-0.39, 0.29) is 5.91 Å². The van der Waals surface area contributed by atoms with E-state index in [2.05, 4.69) is 21.2 Å². The number of carbonyl (C=O) groups is 1. The molecule has 0 saturated heterocycles. The monoisotopic (exact) mass is 364 g/mol. The minimum Gasteiger partial charge on any atom is -0.398 e. The third-order valence-electron chi connectivity index (χ3n) is 3.21. The molecule has 0 aliphatic heterocycles. The van der Waals surface area contributed by atoms with Crippen molar-refractivity contribution in [2.24, 2.45) is 0 Å². The molecule has 5 heteroatoms. The van der Waals surface area contributed by atoms with E-state index >= 15 is 0 Å². The van der Waals surface area contributed by atoms with E-state index < -0.39 is 0 Å². The van der Waals surface area contributed by atoms with Gasteiger partial charge in [0.25, 0.3) is 0 Å². The number of hydrogen-bond acceptors (Lipinski definition) is 3. The Labute approximate surface area is 137 Å². The van der Waals surface area contributed by atoms with Gasteiger partial charge in [0.15, 0.2) is 0 Å². The Morgan fingerprint density at radius 3 is 2.76 bits per heavy atom. The lowest BCUT2D eigenvalue weighted by Crippen LogP contribution is -2.15. The standard InChI is InChI=1S/C16H17BrN2OS/c1-10-4-3-5-14(11(10)2)19-16(20)9-21-15-7-6-12(17)8-13(15)18/h3-8H,9,18H2,1-2H3,(H,19,20). The summed E-state index contributed by atoms with van der Waals surface area (Å²) in [6.45, 7) is 4.03. The topological polar surface area (TPSA) is 55.1 Å². The van der Waals surface area contributed by atoms with E-state index in [9.17, 15) is 4.79 Å². The van der Waals surface area contributed by atoms with E-state index in [4.69, 9.17) is 5.73 Å². The molecule has 0 aromatic heterocycles. The lowest BCUT2D eigenvalue weighted by Gasteiger charge is -2.10. The maximum Gasteiger partial charge on any atom is 0.234 e. The molecule has 0 unspecified atom stereocenters. The summed E-state index contributed by atoms with van der Waals surface area (Å²) in [4.78, 5) is 13.0. The van der Waals surface area contributed by atoms with Gasteiger partial charge >= 0.3 is 0 Å². The zero-order valence-electron chi connectivity index (χ0n) is 11.9. The molecule has 3 nitrogen and oxygen atoms in total. The van der Waals surface area contributed by atoms with Gasteiger partial charge in [-0.3, -0.25) is 4.79 Å². The number of carbonyl (C=O) groups excluding carboxylic acids is 1. The predicted molar refractivity (Wildman–Crippen MR) is 93.8 cm³/mol. The number of hydrogen-bond donors (Lipinski definition) is 2. The molecule has 0 fully saturated rings. The summed E-state index contributed by atoms with van der Waals surface area (Å²) >= 11 is 4.80. The number of nitrogens with one attached hydrogen (secondary N) is 1. The summed E-state index contributed by atoms with van der Waals surface area (Å²) in [5.74, 6) is 0.301. The van der Waals surface area contributed by atoms with Crippen LogP contribution < -0.4 is 11.1 Å². The van der Waals surface area contributed by atoms with Gasteiger partial charge in [-0.05, 0) is 49.2 Å². The number of amides is 1. The maximum atomic E-state index is 12.0. The molecule has 3 N–H and O–H groups in total. The van der Waals surface area contributed by atoms with E-state index in [1.165, 1.54) is 11.8 Å². The second-order valence-electron chi connectivity index (χ2n) is 4.77. The van der Waals surface area contributed by atoms with Crippen molar-refractivity contribution < 1.29 is 4.79 Å². The lowest BCUT2D eigenvalue weighted by molar-refractivity contribution is -0.113. The van der Waals surface area contributed by atoms with Crippen molar-refractivity contribution in [2.75, 3.05) is 16.8 Å². The van der Waals surface area contributed by atoms with Crippen LogP contribution in [0.5, 0.6) is 0 Å². The smallest absolute Gasteiger partial charge is 0.234 e. The Kier molecular flexibility index (Phi) is 5.31. The molecule has 0 radical (unpaired) electrons. The number of aryl methyl sites for hydroxylation is 1. The van der Waals surface area contributed by atoms with Gasteiger partial charge in [-0.15, -0.1) is 11.8 Å². The second-order valence-corrected chi connectivity index (χ2v) is 6.70. The van der Waals surface area contributed by atoms with Crippen molar-refractivity contribution in [1.82, 2.24) is 0 Å². The van der Waals surface area contributed by atoms with Gasteiger partial charge in [0, 0.05) is 20.7 Å². The Morgan fingerprint density at radius 2 is 2.05 bits per heavy atom. The van der Waals surface area contributed by atoms with Crippen molar-refractivity contribution in [3.05, 3.63) is 52.0 Å². The summed E-state index contributed by atoms with van der Waals surface area (Å²) in [6.07, 6.45) is 0. The zero-order chi connectivity index (χ0) is 15.4. The Balaban J connectivity index is 1.97. The molecule has 2 aromatic carbocycles. The molecule has 0 spiro atoms. The average molecular weight is 365 g/mol. The third kappa shape index (κ3) is 4.25. The maximum absolute atomic E-state index is 12.0. The summed E-state index contributed by atoms with van der Waals surface area (Å²) in [5.41, 5.74) is 9.72. The van der Waals surface area contributed by atoms with Crippen LogP contribution in [0.15, 0.2) is 45.8 Å². The van der Waals surface area contributed by atoms with E-state index in [1.54, 1.807) is 0 Å². The van der Waals surface area contributed by atoms with Crippen LogP contribution in [0.4, 0.5) is 11.4 Å². The van der Waals surface area contributed by atoms with Crippen molar-refractivity contribution in [2.45, 2.75) is 18.7 Å². The van der Waals surface area contributed by atoms with Crippen LogP contribution in [0, 0.1) is 13.8 Å². The average Bonchev–Trinajstić information content (AvgIpc) is 2.43. The number of nitrogen functional groups attached to an aromatic ring is 1. The van der Waals surface area contributed by atoms with Gasteiger partial charge in [-0.25, -0.2) is 0 Å². The van der Waals surface area contributed by atoms with Crippen LogP contribution in [-0.4, -0.2) is 11.7 Å². The van der Waals surface area contributed by atoms with Gasteiger partial charge in [-0.1, -0.05) is 28.1 Å². The fraction of sp³-hybridized carbons (Fsp3) is 0.188. The summed E-state index contributed by atoms with van der Waals surface area (Å²) < 4.78 is 0.934. The highest BCUT2D eigenvalue weighted by Gasteiger charge is 2.08. The normalized spacial score (nSPS) is 10.4. The largest absolute Gasteiger partial charge is 0.398 e. The van der Waals surface area contributed by atoms with Gasteiger partial charge in [0.2, 0.25) is 5.91 Å². The molecule has 1 amide bonds. The number of nitrogens with two attached hydrogens (primary N) is 1. The van der Waals surface area contributed by atoms with Crippen LogP contribution in [0.3, 0.4) is 0 Å². The number of halogens is 1. The Bertz CT molecular complexity index is 673. The van der Waals surface area contributed by atoms with Crippen LogP contribution >= 0.6 is 27.7 Å². The molecule has 110 valence electrons. The molecular weight excluding hydrogens is 348 g/mol. The highest BCUT2D eigenvalue weighted by atomic mass is 79.9. The fourth-order valence-electron chi connectivity index (χ4n) is 1.87. The van der Waals surface area contributed by atoms with Crippen molar-refractivity contribution in [3.63, 3.8) is 0 Å². The molecule has 0 heterocycles. The SMILES string of the molecule is Cc1cccc(NC(=O)CSc2ccc(Br)cc2N)c1C. The first-order valence-electron chi connectivity index (χ1n) is 6.51. The highest BCUT2D eigenvalue weighted by Crippen LogP contribution is 2.28. The first-order valence-corrected chi connectivity index (χ1v) is 8.29. The lowest BCUT2D eigenvalue weighted by atomic mass is 10.1. The van der Waals surface area contributed by atoms with Crippen molar-refractivity contribution in [1.29, 1.82) is 0 Å². The van der Waals surface area contributed by atoms with Crippen molar-refractivity contribution in [3.8, 4) is 0 Å². The number of thioether (sulfide) groups is 1. The predicted octanol–water partition coefficient (Wildman–Crippen LogP) is 4.38. The van der Waals surface area contributed by atoms with Gasteiger partial charge in [-0.2, -0.15) is 0 Å².